The standard InChI is InChI=1S/C25H24ClF3N4O5/c1-31-20(34)15-32(11-4-12-36-2)23(35)21-22(31)30-24(33(21)14-16-7-9-17(26)10-8-16)37-18-5-3-6-19(13-18)38-25(27,28)29/h3,5-10,13H,4,11-12,14-15H2,1-2H3. The molecule has 2 heterocycles. The molecule has 0 bridgehead atoms. The average Bonchev–Trinajstić information content (AvgIpc) is 3.16. The summed E-state index contributed by atoms with van der Waals surface area (Å²) < 4.78 is 54.6. The third-order valence-electron chi connectivity index (χ3n) is 5.70. The zero-order valence-corrected chi connectivity index (χ0v) is 21.3. The number of methoxy groups -OCH3 is 1. The lowest BCUT2D eigenvalue weighted by Crippen LogP contribution is -2.39. The summed E-state index contributed by atoms with van der Waals surface area (Å²) in [6, 6.07) is 11.7. The monoisotopic (exact) mass is 552 g/mol. The van der Waals surface area contributed by atoms with Gasteiger partial charge in [-0.25, -0.2) is 0 Å². The zero-order valence-electron chi connectivity index (χ0n) is 20.5. The Morgan fingerprint density at radius 1 is 1.08 bits per heavy atom. The van der Waals surface area contributed by atoms with Crippen LogP contribution in [0.5, 0.6) is 17.5 Å². The van der Waals surface area contributed by atoms with Crippen molar-refractivity contribution in [3.05, 3.63) is 64.8 Å². The summed E-state index contributed by atoms with van der Waals surface area (Å²) in [5.41, 5.74) is 0.842. The Labute approximate surface area is 221 Å². The number of halogens is 4. The first-order valence-corrected chi connectivity index (χ1v) is 11.9. The molecule has 0 fully saturated rings. The fraction of sp³-hybridized carbons (Fsp3) is 0.320. The third-order valence-corrected chi connectivity index (χ3v) is 5.95. The lowest BCUT2D eigenvalue weighted by molar-refractivity contribution is -0.274. The molecule has 1 aliphatic heterocycles. The molecular weight excluding hydrogens is 529 g/mol. The van der Waals surface area contributed by atoms with Crippen molar-refractivity contribution in [1.29, 1.82) is 0 Å². The summed E-state index contributed by atoms with van der Waals surface area (Å²) in [6.07, 6.45) is -4.37. The molecule has 0 aliphatic carbocycles. The predicted octanol–water partition coefficient (Wildman–Crippen LogP) is 4.73. The van der Waals surface area contributed by atoms with E-state index in [0.29, 0.717) is 18.1 Å². The number of imidazole rings is 1. The van der Waals surface area contributed by atoms with Crippen molar-refractivity contribution in [3.63, 3.8) is 0 Å². The van der Waals surface area contributed by atoms with E-state index in [1.807, 2.05) is 0 Å². The van der Waals surface area contributed by atoms with E-state index in [-0.39, 0.29) is 48.8 Å². The Hall–Kier alpha value is -3.77. The van der Waals surface area contributed by atoms with Crippen molar-refractivity contribution >= 4 is 29.2 Å². The van der Waals surface area contributed by atoms with Crippen LogP contribution in [0.4, 0.5) is 19.0 Å². The predicted molar refractivity (Wildman–Crippen MR) is 132 cm³/mol. The number of likely N-dealkylation sites (N-methyl/N-ethyl adjacent to an activating group) is 1. The number of ether oxygens (including phenoxy) is 3. The van der Waals surface area contributed by atoms with Crippen LogP contribution in [0.1, 0.15) is 22.5 Å². The van der Waals surface area contributed by atoms with Crippen LogP contribution in [0.2, 0.25) is 5.02 Å². The van der Waals surface area contributed by atoms with Gasteiger partial charge >= 0.3 is 12.4 Å². The lowest BCUT2D eigenvalue weighted by Gasteiger charge is -2.21. The minimum Gasteiger partial charge on any atom is -0.425 e. The number of amides is 2. The summed E-state index contributed by atoms with van der Waals surface area (Å²) in [5, 5.41) is 0.516. The van der Waals surface area contributed by atoms with Gasteiger partial charge in [-0.15, -0.1) is 13.2 Å². The van der Waals surface area contributed by atoms with Crippen LogP contribution in [-0.4, -0.2) is 66.5 Å². The van der Waals surface area contributed by atoms with Crippen LogP contribution in [0.25, 0.3) is 0 Å². The van der Waals surface area contributed by atoms with E-state index < -0.39 is 18.0 Å². The summed E-state index contributed by atoms with van der Waals surface area (Å²) in [5.74, 6) is -1.24. The van der Waals surface area contributed by atoms with Gasteiger partial charge in [0.25, 0.3) is 5.91 Å². The molecule has 0 unspecified atom stereocenters. The molecule has 13 heteroatoms. The molecule has 0 spiro atoms. The number of hydrogen-bond acceptors (Lipinski definition) is 6. The Balaban J connectivity index is 1.77. The molecule has 2 aromatic carbocycles. The Morgan fingerprint density at radius 3 is 2.47 bits per heavy atom. The molecule has 9 nitrogen and oxygen atoms in total. The molecule has 2 amide bonds. The molecule has 4 rings (SSSR count). The summed E-state index contributed by atoms with van der Waals surface area (Å²) >= 11 is 6.02. The summed E-state index contributed by atoms with van der Waals surface area (Å²) in [4.78, 5) is 33.7. The summed E-state index contributed by atoms with van der Waals surface area (Å²) in [7, 11) is 3.04. The minimum atomic E-state index is -4.88. The van der Waals surface area contributed by atoms with Crippen LogP contribution < -0.4 is 14.4 Å². The molecule has 0 radical (unpaired) electrons. The first kappa shape index (κ1) is 27.3. The Morgan fingerprint density at radius 2 is 1.79 bits per heavy atom. The van der Waals surface area contributed by atoms with E-state index in [2.05, 4.69) is 9.72 Å². The zero-order chi connectivity index (χ0) is 27.4. The Bertz CT molecular complexity index is 1310. The molecular formula is C25H24ClF3N4O5. The largest absolute Gasteiger partial charge is 0.573 e. The maximum Gasteiger partial charge on any atom is 0.573 e. The van der Waals surface area contributed by atoms with Gasteiger partial charge in [-0.1, -0.05) is 29.8 Å². The van der Waals surface area contributed by atoms with E-state index in [0.717, 1.165) is 17.7 Å². The molecule has 38 heavy (non-hydrogen) atoms. The SMILES string of the molecule is COCCCN1CC(=O)N(C)c2nc(Oc3cccc(OC(F)(F)F)c3)n(Cc3ccc(Cl)cc3)c2C1=O. The molecule has 1 aromatic heterocycles. The van der Waals surface area contributed by atoms with Crippen LogP contribution in [0.3, 0.4) is 0 Å². The smallest absolute Gasteiger partial charge is 0.425 e. The van der Waals surface area contributed by atoms with E-state index in [1.165, 1.54) is 33.5 Å². The second kappa shape index (κ2) is 11.3. The van der Waals surface area contributed by atoms with Gasteiger partial charge in [0.05, 0.1) is 6.54 Å². The van der Waals surface area contributed by atoms with Gasteiger partial charge in [-0.3, -0.25) is 19.1 Å². The average molecular weight is 553 g/mol. The number of anilines is 1. The number of hydrogen-bond donors (Lipinski definition) is 0. The van der Waals surface area contributed by atoms with Crippen LogP contribution in [-0.2, 0) is 16.1 Å². The van der Waals surface area contributed by atoms with Crippen molar-refractivity contribution in [3.8, 4) is 17.5 Å². The first-order valence-electron chi connectivity index (χ1n) is 11.5. The van der Waals surface area contributed by atoms with Crippen molar-refractivity contribution in [2.75, 3.05) is 38.8 Å². The van der Waals surface area contributed by atoms with Gasteiger partial charge < -0.3 is 19.1 Å². The minimum absolute atomic E-state index is 0.0114. The lowest BCUT2D eigenvalue weighted by atomic mass is 10.2. The number of carbonyl (C=O) groups excluding carboxylic acids is 2. The molecule has 0 atom stereocenters. The van der Waals surface area contributed by atoms with Crippen molar-refractivity contribution in [2.24, 2.45) is 0 Å². The van der Waals surface area contributed by atoms with E-state index in [4.69, 9.17) is 21.1 Å². The number of carbonyl (C=O) groups is 2. The van der Waals surface area contributed by atoms with Crippen molar-refractivity contribution in [1.82, 2.24) is 14.5 Å². The second-order valence-electron chi connectivity index (χ2n) is 8.43. The topological polar surface area (TPSA) is 86.1 Å². The highest BCUT2D eigenvalue weighted by Crippen LogP contribution is 2.34. The number of benzene rings is 2. The van der Waals surface area contributed by atoms with Gasteiger partial charge in [0, 0.05) is 38.4 Å². The number of aromatic nitrogens is 2. The van der Waals surface area contributed by atoms with Gasteiger partial charge in [0.2, 0.25) is 5.91 Å². The fourth-order valence-electron chi connectivity index (χ4n) is 3.89. The second-order valence-corrected chi connectivity index (χ2v) is 8.87. The molecule has 3 aromatic rings. The Kier molecular flexibility index (Phi) is 8.12. The molecule has 0 N–H and O–H groups in total. The van der Waals surface area contributed by atoms with E-state index >= 15 is 0 Å². The van der Waals surface area contributed by atoms with Crippen LogP contribution in [0.15, 0.2) is 48.5 Å². The normalized spacial score (nSPS) is 13.9. The number of alkyl halides is 3. The third kappa shape index (κ3) is 6.37. The maximum absolute atomic E-state index is 13.7. The molecule has 0 saturated carbocycles. The quantitative estimate of drug-likeness (QED) is 0.357. The number of fused-ring (bicyclic) bond motifs is 1. The van der Waals surface area contributed by atoms with Gasteiger partial charge in [-0.05, 0) is 36.2 Å². The highest BCUT2D eigenvalue weighted by atomic mass is 35.5. The highest BCUT2D eigenvalue weighted by molar-refractivity contribution is 6.30. The van der Waals surface area contributed by atoms with Crippen molar-refractivity contribution < 1.29 is 37.0 Å². The number of nitrogens with zero attached hydrogens (tertiary/aromatic N) is 4. The van der Waals surface area contributed by atoms with Crippen LogP contribution >= 0.6 is 11.6 Å². The first-order chi connectivity index (χ1) is 18.1. The molecule has 1 aliphatic rings. The van der Waals surface area contributed by atoms with E-state index in [9.17, 15) is 22.8 Å². The van der Waals surface area contributed by atoms with Gasteiger partial charge in [0.15, 0.2) is 11.5 Å². The summed E-state index contributed by atoms with van der Waals surface area (Å²) in [6.45, 7) is 0.622. The maximum atomic E-state index is 13.7. The molecule has 0 saturated heterocycles. The fourth-order valence-corrected chi connectivity index (χ4v) is 4.02. The van der Waals surface area contributed by atoms with Gasteiger partial charge in [0.1, 0.15) is 18.0 Å². The highest BCUT2D eigenvalue weighted by Gasteiger charge is 2.36. The van der Waals surface area contributed by atoms with Crippen molar-refractivity contribution in [2.45, 2.75) is 19.3 Å². The van der Waals surface area contributed by atoms with Crippen LogP contribution in [0, 0.1) is 0 Å². The molecule has 202 valence electrons. The number of rotatable bonds is 9. The van der Waals surface area contributed by atoms with Gasteiger partial charge in [-0.2, -0.15) is 4.98 Å². The van der Waals surface area contributed by atoms with E-state index in [1.54, 1.807) is 31.4 Å².